The number of hydrogen-bond acceptors (Lipinski definition) is 12. The fourth-order valence-corrected chi connectivity index (χ4v) is 4.93. The molecule has 0 saturated carbocycles. The Balaban J connectivity index is 1.47. The number of nitrogens with zero attached hydrogens (tertiary/aromatic N) is 5. The Morgan fingerprint density at radius 2 is 1.98 bits per heavy atom. The number of anilines is 1. The number of carbonyl (C=O) groups is 1. The number of nitriles is 1. The van der Waals surface area contributed by atoms with Gasteiger partial charge in [-0.2, -0.15) is 10.4 Å². The molecule has 14 nitrogen and oxygen atoms in total. The predicted octanol–water partition coefficient (Wildman–Crippen LogP) is 2.40. The van der Waals surface area contributed by atoms with Crippen molar-refractivity contribution >= 4 is 25.9 Å². The van der Waals surface area contributed by atoms with Crippen LogP contribution in [-0.2, 0) is 24.4 Å². The van der Waals surface area contributed by atoms with Crippen molar-refractivity contribution in [2.75, 3.05) is 18.9 Å². The van der Waals surface area contributed by atoms with Gasteiger partial charge in [0.25, 0.3) is 8.61 Å². The highest BCUT2D eigenvalue weighted by Crippen LogP contribution is 2.41. The number of benzene rings is 1. The van der Waals surface area contributed by atoms with Crippen LogP contribution in [0, 0.1) is 17.2 Å². The number of hydroxylamine groups is 1. The lowest BCUT2D eigenvalue weighted by atomic mass is 9.92. The van der Waals surface area contributed by atoms with Crippen LogP contribution in [0.25, 0.3) is 5.52 Å². The number of hydrogen-bond donors (Lipinski definition) is 3. The second kappa shape index (κ2) is 13.4. The third-order valence-electron chi connectivity index (χ3n) is 7.30. The smallest absolute Gasteiger partial charge is 0.327 e. The van der Waals surface area contributed by atoms with E-state index in [9.17, 15) is 24.8 Å². The number of aliphatic hydroxyl groups excluding tert-OH is 2. The van der Waals surface area contributed by atoms with E-state index in [1.807, 2.05) is 19.9 Å². The highest BCUT2D eigenvalue weighted by Gasteiger charge is 2.57. The summed E-state index contributed by atoms with van der Waals surface area (Å²) < 4.78 is 30.4. The first-order valence-electron chi connectivity index (χ1n) is 13.4. The molecule has 1 aromatic carbocycles. The van der Waals surface area contributed by atoms with E-state index >= 15 is 0 Å². The summed E-state index contributed by atoms with van der Waals surface area (Å²) in [5, 5.41) is 36.0. The van der Waals surface area contributed by atoms with Crippen molar-refractivity contribution in [1.29, 1.82) is 5.26 Å². The van der Waals surface area contributed by atoms with Crippen LogP contribution < -0.4 is 15.3 Å². The van der Waals surface area contributed by atoms with Gasteiger partial charge in [-0.05, 0) is 41.9 Å². The molecule has 0 spiro atoms. The van der Waals surface area contributed by atoms with Gasteiger partial charge in [0, 0.05) is 0 Å². The van der Waals surface area contributed by atoms with Crippen LogP contribution in [-0.4, -0.2) is 73.2 Å². The molecule has 0 bridgehead atoms. The van der Waals surface area contributed by atoms with Gasteiger partial charge in [0.2, 0.25) is 5.60 Å². The highest BCUT2D eigenvalue weighted by molar-refractivity contribution is 7.20. The summed E-state index contributed by atoms with van der Waals surface area (Å²) >= 11 is 0. The molecule has 15 heteroatoms. The topological polar surface area (TPSA) is 195 Å². The van der Waals surface area contributed by atoms with Crippen molar-refractivity contribution < 1.29 is 38.6 Å². The summed E-state index contributed by atoms with van der Waals surface area (Å²) in [6.07, 6.45) is -1.39. The van der Waals surface area contributed by atoms with Gasteiger partial charge in [-0.25, -0.2) is 9.50 Å². The Labute approximate surface area is 243 Å². The molecule has 3 aromatic rings. The molecule has 4 unspecified atom stereocenters. The average molecular weight is 601 g/mol. The van der Waals surface area contributed by atoms with E-state index in [0.29, 0.717) is 5.52 Å². The van der Waals surface area contributed by atoms with Crippen LogP contribution in [0.2, 0.25) is 0 Å². The van der Waals surface area contributed by atoms with Crippen molar-refractivity contribution in [3.63, 3.8) is 0 Å². The third kappa shape index (κ3) is 6.01. The molecule has 1 aliphatic heterocycles. The number of para-hydroxylation sites is 2. The molecule has 2 aromatic heterocycles. The monoisotopic (exact) mass is 600 g/mol. The zero-order valence-corrected chi connectivity index (χ0v) is 24.3. The minimum Gasteiger partial charge on any atom is -0.487 e. The zero-order valence-electron chi connectivity index (χ0n) is 23.4. The van der Waals surface area contributed by atoms with E-state index in [-0.39, 0.29) is 42.1 Å². The van der Waals surface area contributed by atoms with Crippen molar-refractivity contribution in [2.45, 2.75) is 63.6 Å². The van der Waals surface area contributed by atoms with Crippen molar-refractivity contribution in [3.8, 4) is 17.6 Å². The Morgan fingerprint density at radius 3 is 2.64 bits per heavy atom. The van der Waals surface area contributed by atoms with Crippen molar-refractivity contribution in [3.05, 3.63) is 48.4 Å². The molecule has 4 N–H and O–H groups in total. The number of esters is 1. The van der Waals surface area contributed by atoms with Crippen molar-refractivity contribution in [2.24, 2.45) is 5.92 Å². The first-order chi connectivity index (χ1) is 20.2. The van der Waals surface area contributed by atoms with E-state index in [1.54, 1.807) is 24.3 Å². The largest absolute Gasteiger partial charge is 0.487 e. The summed E-state index contributed by atoms with van der Waals surface area (Å²) in [5.41, 5.74) is 4.46. The van der Waals surface area contributed by atoms with Crippen LogP contribution in [0.3, 0.4) is 0 Å². The molecule has 5 atom stereocenters. The van der Waals surface area contributed by atoms with E-state index in [0.717, 1.165) is 17.7 Å². The molecule has 1 saturated heterocycles. The van der Waals surface area contributed by atoms with E-state index in [2.05, 4.69) is 10.1 Å². The summed E-state index contributed by atoms with van der Waals surface area (Å²) in [6, 6.07) is 10.5. The number of aromatic nitrogens is 3. The minimum atomic E-state index is -1.99. The Bertz CT molecular complexity index is 1450. The number of fused-ring (bicyclic) bond motifs is 1. The normalized spacial score (nSPS) is 22.9. The fourth-order valence-electron chi connectivity index (χ4n) is 4.57. The molecule has 3 heterocycles. The number of aliphatic hydroxyl groups is 2. The SMILES string of the molecule is CCC(CC)COC(=O)[C@H](C)N(Oc1ccccc1OCC1OC(C#N)(c2ccc3c(N)ncnn23)C(O)C1O)P=O. The van der Waals surface area contributed by atoms with Gasteiger partial charge >= 0.3 is 5.97 Å². The number of nitrogens with two attached hydrogens (primary N) is 1. The molecule has 4 rings (SSSR count). The molecule has 42 heavy (non-hydrogen) atoms. The molecule has 1 aliphatic rings. The second-order valence-electron chi connectivity index (χ2n) is 9.82. The lowest BCUT2D eigenvalue weighted by molar-refractivity contribution is -0.155. The first kappa shape index (κ1) is 31.1. The third-order valence-corrected chi connectivity index (χ3v) is 7.89. The molecule has 0 amide bonds. The molecule has 224 valence electrons. The maximum atomic E-state index is 12.6. The molecule has 0 radical (unpaired) electrons. The molecule has 0 aliphatic carbocycles. The number of nitrogen functional groups attached to an aromatic ring is 1. The Kier molecular flexibility index (Phi) is 9.93. The van der Waals surface area contributed by atoms with Gasteiger partial charge in [-0.1, -0.05) is 38.8 Å². The number of ether oxygens (including phenoxy) is 3. The Morgan fingerprint density at radius 1 is 1.26 bits per heavy atom. The highest BCUT2D eigenvalue weighted by atomic mass is 31.1. The van der Waals surface area contributed by atoms with Gasteiger partial charge < -0.3 is 35.0 Å². The maximum Gasteiger partial charge on any atom is 0.327 e. The van der Waals surface area contributed by atoms with Crippen LogP contribution in [0.1, 0.15) is 39.3 Å². The number of rotatable bonds is 13. The van der Waals surface area contributed by atoms with Gasteiger partial charge in [0.1, 0.15) is 42.8 Å². The molecule has 1 fully saturated rings. The van der Waals surface area contributed by atoms with Gasteiger partial charge in [0.15, 0.2) is 23.4 Å². The summed E-state index contributed by atoms with van der Waals surface area (Å²) in [5.74, 6) is 0.0673. The van der Waals surface area contributed by atoms with Crippen LogP contribution in [0.15, 0.2) is 42.7 Å². The quantitative estimate of drug-likeness (QED) is 0.147. The average Bonchev–Trinajstić information content (AvgIpc) is 3.55. The lowest BCUT2D eigenvalue weighted by Gasteiger charge is -2.24. The van der Waals surface area contributed by atoms with Gasteiger partial charge in [-0.15, -0.1) is 0 Å². The Hall–Kier alpha value is -3.86. The van der Waals surface area contributed by atoms with Crippen LogP contribution >= 0.6 is 8.61 Å². The van der Waals surface area contributed by atoms with Crippen LogP contribution in [0.4, 0.5) is 5.82 Å². The van der Waals surface area contributed by atoms with Crippen LogP contribution in [0.5, 0.6) is 11.5 Å². The maximum absolute atomic E-state index is 12.6. The minimum absolute atomic E-state index is 0.116. The second-order valence-corrected chi connectivity index (χ2v) is 10.4. The van der Waals surface area contributed by atoms with E-state index in [4.69, 9.17) is 24.8 Å². The lowest BCUT2D eigenvalue weighted by Crippen LogP contribution is -2.41. The van der Waals surface area contributed by atoms with E-state index in [1.165, 1.54) is 29.9 Å². The fraction of sp³-hybridized carbons (Fsp3) is 0.481. The van der Waals surface area contributed by atoms with E-state index < -0.39 is 44.5 Å². The summed E-state index contributed by atoms with van der Waals surface area (Å²) in [4.78, 5) is 23.1. The molecular formula is C27H33N6O8P. The van der Waals surface area contributed by atoms with Crippen molar-refractivity contribution in [1.82, 2.24) is 19.4 Å². The number of carbonyl (C=O) groups excluding carboxylic acids is 1. The summed E-state index contributed by atoms with van der Waals surface area (Å²) in [6.45, 7) is 5.47. The molecular weight excluding hydrogens is 567 g/mol. The first-order valence-corrected chi connectivity index (χ1v) is 14.2. The zero-order chi connectivity index (χ0) is 30.4. The summed E-state index contributed by atoms with van der Waals surface area (Å²) in [7, 11) is -0.593. The standard InChI is InChI=1S/C27H33N6O8P/c1-4-17(5-2)12-39-26(36)16(3)33(42-37)41-20-9-7-6-8-19(20)38-13-21-23(34)24(35)27(14-28,40-21)22-11-10-18-25(29)30-15-31-32(18)22/h6-11,15-17,21,23-24,34-35H,4-5,12-13H2,1-3H3,(H2,29,30,31)/t16-,21?,23?,24?,27?/m0/s1. The van der Waals surface area contributed by atoms with Gasteiger partial charge in [-0.3, -0.25) is 9.36 Å². The van der Waals surface area contributed by atoms with Gasteiger partial charge in [0.05, 0.1) is 12.3 Å². The predicted molar refractivity (Wildman–Crippen MR) is 148 cm³/mol.